The zero-order valence-electron chi connectivity index (χ0n) is 26.7. The van der Waals surface area contributed by atoms with Gasteiger partial charge in [0.1, 0.15) is 22.3 Å². The molecule has 50 heavy (non-hydrogen) atoms. The van der Waals surface area contributed by atoms with Crippen molar-refractivity contribution in [1.29, 1.82) is 0 Å². The van der Waals surface area contributed by atoms with Crippen molar-refractivity contribution in [2.24, 2.45) is 0 Å². The number of nitrogens with zero attached hydrogens (tertiary/aromatic N) is 3. The van der Waals surface area contributed by atoms with Crippen LogP contribution in [0.3, 0.4) is 0 Å². The van der Waals surface area contributed by atoms with Gasteiger partial charge in [0.25, 0.3) is 0 Å². The summed E-state index contributed by atoms with van der Waals surface area (Å²) in [6, 6.07) is 55.8. The highest BCUT2D eigenvalue weighted by Gasteiger charge is 2.19. The van der Waals surface area contributed by atoms with E-state index in [0.29, 0.717) is 17.5 Å². The molecule has 10 rings (SSSR count). The molecule has 3 aromatic heterocycles. The predicted octanol–water partition coefficient (Wildman–Crippen LogP) is 12.0. The average molecular weight is 642 g/mol. The summed E-state index contributed by atoms with van der Waals surface area (Å²) in [5, 5.41) is 4.18. The van der Waals surface area contributed by atoms with E-state index in [4.69, 9.17) is 23.8 Å². The molecule has 0 spiro atoms. The SMILES string of the molecule is c1ccc(-c2ccc(-c3nc(-c4ccccc4)nc(-c4cccc5oc6cc(-c7ccc8oc9ccccc9c8c7)ccc6c45)n3)cc2)cc1. The summed E-state index contributed by atoms with van der Waals surface area (Å²) in [7, 11) is 0. The van der Waals surface area contributed by atoms with Crippen molar-refractivity contribution in [2.75, 3.05) is 0 Å². The highest BCUT2D eigenvalue weighted by atomic mass is 16.3. The first kappa shape index (κ1) is 28.2. The molecule has 0 radical (unpaired) electrons. The average Bonchev–Trinajstić information content (AvgIpc) is 3.76. The van der Waals surface area contributed by atoms with E-state index in [0.717, 1.165) is 82.8 Å². The van der Waals surface area contributed by atoms with E-state index in [1.807, 2.05) is 72.8 Å². The largest absolute Gasteiger partial charge is 0.456 e. The number of fused-ring (bicyclic) bond motifs is 6. The Hall–Kier alpha value is -6.85. The quantitative estimate of drug-likeness (QED) is 0.187. The molecule has 0 saturated heterocycles. The molecule has 5 nitrogen and oxygen atoms in total. The van der Waals surface area contributed by atoms with Crippen molar-refractivity contribution in [2.45, 2.75) is 0 Å². The van der Waals surface area contributed by atoms with Crippen molar-refractivity contribution >= 4 is 43.9 Å². The van der Waals surface area contributed by atoms with Crippen LogP contribution in [0.25, 0.3) is 100 Å². The molecule has 7 aromatic carbocycles. The lowest BCUT2D eigenvalue weighted by Gasteiger charge is -2.10. The van der Waals surface area contributed by atoms with Crippen LogP contribution in [0, 0.1) is 0 Å². The van der Waals surface area contributed by atoms with Gasteiger partial charge in [0.2, 0.25) is 0 Å². The summed E-state index contributed by atoms with van der Waals surface area (Å²) in [5.41, 5.74) is 10.6. The molecule has 0 aliphatic carbocycles. The Morgan fingerprint density at radius 3 is 1.64 bits per heavy atom. The van der Waals surface area contributed by atoms with Gasteiger partial charge in [0, 0.05) is 38.2 Å². The first-order chi connectivity index (χ1) is 24.7. The molecule has 0 bridgehead atoms. The first-order valence-corrected chi connectivity index (χ1v) is 16.6. The Labute approximate surface area is 287 Å². The van der Waals surface area contributed by atoms with Crippen LogP contribution in [-0.2, 0) is 0 Å². The molecule has 0 unspecified atom stereocenters. The Morgan fingerprint density at radius 2 is 0.840 bits per heavy atom. The van der Waals surface area contributed by atoms with Gasteiger partial charge in [-0.25, -0.2) is 15.0 Å². The van der Waals surface area contributed by atoms with Gasteiger partial charge in [-0.1, -0.05) is 127 Å². The third-order valence-corrected chi connectivity index (χ3v) is 9.37. The molecule has 0 aliphatic heterocycles. The van der Waals surface area contributed by atoms with Gasteiger partial charge in [-0.05, 0) is 58.7 Å². The fourth-order valence-electron chi connectivity index (χ4n) is 6.88. The Balaban J connectivity index is 1.10. The Morgan fingerprint density at radius 1 is 0.300 bits per heavy atom. The Kier molecular flexibility index (Phi) is 6.42. The van der Waals surface area contributed by atoms with Crippen LogP contribution < -0.4 is 0 Å². The van der Waals surface area contributed by atoms with Crippen LogP contribution in [0.15, 0.2) is 173 Å². The highest BCUT2D eigenvalue weighted by molar-refractivity contribution is 6.13. The lowest BCUT2D eigenvalue weighted by atomic mass is 10.00. The molecule has 5 heteroatoms. The van der Waals surface area contributed by atoms with E-state index in [1.165, 1.54) is 0 Å². The molecule has 0 amide bonds. The van der Waals surface area contributed by atoms with Crippen molar-refractivity contribution in [3.8, 4) is 56.4 Å². The minimum Gasteiger partial charge on any atom is -0.456 e. The van der Waals surface area contributed by atoms with Gasteiger partial charge < -0.3 is 8.83 Å². The zero-order chi connectivity index (χ0) is 33.0. The maximum Gasteiger partial charge on any atom is 0.164 e. The van der Waals surface area contributed by atoms with Crippen LogP contribution in [0.2, 0.25) is 0 Å². The molecule has 3 heterocycles. The molecule has 0 N–H and O–H groups in total. The van der Waals surface area contributed by atoms with Crippen molar-refractivity contribution in [3.05, 3.63) is 164 Å². The maximum absolute atomic E-state index is 6.51. The lowest BCUT2D eigenvalue weighted by Crippen LogP contribution is -2.00. The van der Waals surface area contributed by atoms with E-state index >= 15 is 0 Å². The molecule has 0 atom stereocenters. The van der Waals surface area contributed by atoms with E-state index in [1.54, 1.807) is 0 Å². The number of benzene rings is 7. The first-order valence-electron chi connectivity index (χ1n) is 16.6. The summed E-state index contributed by atoms with van der Waals surface area (Å²) in [5.74, 6) is 1.82. The van der Waals surface area contributed by atoms with Gasteiger partial charge in [0.05, 0.1) is 0 Å². The molecular weight excluding hydrogens is 615 g/mol. The van der Waals surface area contributed by atoms with E-state index in [-0.39, 0.29) is 0 Å². The normalized spacial score (nSPS) is 11.6. The number of para-hydroxylation sites is 1. The second-order valence-corrected chi connectivity index (χ2v) is 12.4. The van der Waals surface area contributed by atoms with Crippen LogP contribution in [-0.4, -0.2) is 15.0 Å². The zero-order valence-corrected chi connectivity index (χ0v) is 26.7. The molecule has 0 aliphatic rings. The smallest absolute Gasteiger partial charge is 0.164 e. The number of rotatable bonds is 5. The van der Waals surface area contributed by atoms with E-state index < -0.39 is 0 Å². The molecule has 234 valence electrons. The third kappa shape index (κ3) is 4.75. The second-order valence-electron chi connectivity index (χ2n) is 12.4. The Bertz CT molecular complexity index is 2850. The third-order valence-electron chi connectivity index (χ3n) is 9.37. The molecule has 0 saturated carbocycles. The van der Waals surface area contributed by atoms with E-state index in [9.17, 15) is 0 Å². The predicted molar refractivity (Wildman–Crippen MR) is 202 cm³/mol. The molecule has 0 fully saturated rings. The second kappa shape index (κ2) is 11.4. The van der Waals surface area contributed by atoms with Crippen molar-refractivity contribution in [1.82, 2.24) is 15.0 Å². The number of hydrogen-bond acceptors (Lipinski definition) is 5. The van der Waals surface area contributed by atoms with Crippen LogP contribution in [0.4, 0.5) is 0 Å². The van der Waals surface area contributed by atoms with Crippen LogP contribution in [0.5, 0.6) is 0 Å². The van der Waals surface area contributed by atoms with Crippen LogP contribution >= 0.6 is 0 Å². The fourth-order valence-corrected chi connectivity index (χ4v) is 6.88. The number of furan rings is 2. The van der Waals surface area contributed by atoms with E-state index in [2.05, 4.69) is 91.0 Å². The standard InChI is InChI=1S/C45H27N3O2/c1-3-10-28(11-4-1)29-18-20-31(21-19-29)44-46-43(30-12-5-2-6-13-30)47-45(48-44)36-15-9-17-40-42(36)35-24-22-33(27-41(35)50-40)32-23-25-39-37(26-32)34-14-7-8-16-38(34)49-39/h1-27H. The van der Waals surface area contributed by atoms with Gasteiger partial charge in [0.15, 0.2) is 17.5 Å². The summed E-state index contributed by atoms with van der Waals surface area (Å²) in [6.45, 7) is 0. The maximum atomic E-state index is 6.51. The van der Waals surface area contributed by atoms with Gasteiger partial charge in [-0.2, -0.15) is 0 Å². The summed E-state index contributed by atoms with van der Waals surface area (Å²) < 4.78 is 12.6. The van der Waals surface area contributed by atoms with Gasteiger partial charge >= 0.3 is 0 Å². The molecular formula is C45H27N3O2. The lowest BCUT2D eigenvalue weighted by molar-refractivity contribution is 0.669. The summed E-state index contributed by atoms with van der Waals surface area (Å²) in [6.07, 6.45) is 0. The summed E-state index contributed by atoms with van der Waals surface area (Å²) in [4.78, 5) is 15.1. The number of aromatic nitrogens is 3. The minimum absolute atomic E-state index is 0.593. The number of hydrogen-bond donors (Lipinski definition) is 0. The van der Waals surface area contributed by atoms with Crippen LogP contribution in [0.1, 0.15) is 0 Å². The summed E-state index contributed by atoms with van der Waals surface area (Å²) >= 11 is 0. The van der Waals surface area contributed by atoms with Gasteiger partial charge in [-0.15, -0.1) is 0 Å². The van der Waals surface area contributed by atoms with Crippen molar-refractivity contribution < 1.29 is 8.83 Å². The van der Waals surface area contributed by atoms with Crippen molar-refractivity contribution in [3.63, 3.8) is 0 Å². The minimum atomic E-state index is 0.593. The molecule has 10 aromatic rings. The topological polar surface area (TPSA) is 65.0 Å². The monoisotopic (exact) mass is 641 g/mol. The van der Waals surface area contributed by atoms with Gasteiger partial charge in [-0.3, -0.25) is 0 Å². The highest BCUT2D eigenvalue weighted by Crippen LogP contribution is 2.39. The fraction of sp³-hybridized carbons (Fsp3) is 0.